The Kier molecular flexibility index (Phi) is 3.00. The molecule has 3 rings (SSSR count). The highest BCUT2D eigenvalue weighted by Gasteiger charge is 2.14. The van der Waals surface area contributed by atoms with Crippen LogP contribution in [0.25, 0.3) is 10.3 Å². The van der Waals surface area contributed by atoms with Crippen molar-refractivity contribution in [3.8, 4) is 5.75 Å². The lowest BCUT2D eigenvalue weighted by molar-refractivity contribution is 0.0700. The quantitative estimate of drug-likeness (QED) is 0.528. The van der Waals surface area contributed by atoms with Gasteiger partial charge < -0.3 is 13.6 Å². The van der Waals surface area contributed by atoms with Gasteiger partial charge >= 0.3 is 10.9 Å². The maximum atomic E-state index is 11.7. The van der Waals surface area contributed by atoms with E-state index in [4.69, 9.17) is 13.6 Å². The fourth-order valence-electron chi connectivity index (χ4n) is 1.50. The number of halogens is 1. The van der Waals surface area contributed by atoms with Gasteiger partial charge in [-0.05, 0) is 40.2 Å². The molecule has 1 aromatic carbocycles. The minimum Gasteiger partial charge on any atom is -0.442 e. The van der Waals surface area contributed by atoms with E-state index in [1.54, 1.807) is 18.2 Å². The molecule has 0 spiro atoms. The van der Waals surface area contributed by atoms with E-state index in [0.29, 0.717) is 15.0 Å². The van der Waals surface area contributed by atoms with Gasteiger partial charge in [0.05, 0.1) is 4.70 Å². The topological polar surface area (TPSA) is 69.7 Å². The highest BCUT2D eigenvalue weighted by molar-refractivity contribution is 9.10. The summed E-state index contributed by atoms with van der Waals surface area (Å²) in [5.41, 5.74) is 0.390. The molecule has 3 aromatic rings. The van der Waals surface area contributed by atoms with Gasteiger partial charge in [-0.2, -0.15) is 0 Å². The van der Waals surface area contributed by atoms with Crippen molar-refractivity contribution in [1.29, 1.82) is 0 Å². The second-order valence-corrected chi connectivity index (χ2v) is 5.31. The normalized spacial score (nSPS) is 10.8. The smallest absolute Gasteiger partial charge is 0.396 e. The first-order valence-corrected chi connectivity index (χ1v) is 6.74. The summed E-state index contributed by atoms with van der Waals surface area (Å²) in [6.45, 7) is 0. The standard InChI is InChI=1S/C12H5BrO5S/c13-10-4-2-7(17-10)11(14)16-6-1-3-9-8(5-6)18-12(15)19-9/h1-5H. The summed E-state index contributed by atoms with van der Waals surface area (Å²) in [5.74, 6) is -0.257. The zero-order chi connectivity index (χ0) is 13.4. The van der Waals surface area contributed by atoms with E-state index in [-0.39, 0.29) is 11.5 Å². The molecule has 0 N–H and O–H groups in total. The largest absolute Gasteiger partial charge is 0.442 e. The van der Waals surface area contributed by atoms with Crippen LogP contribution in [-0.4, -0.2) is 5.97 Å². The summed E-state index contributed by atoms with van der Waals surface area (Å²) in [4.78, 5) is 22.4. The third-order valence-corrected chi connectivity index (χ3v) is 3.52. The molecule has 7 heteroatoms. The number of hydrogen-bond donors (Lipinski definition) is 0. The molecule has 0 fully saturated rings. The molecule has 0 saturated carbocycles. The summed E-state index contributed by atoms with van der Waals surface area (Å²) >= 11 is 4.09. The van der Waals surface area contributed by atoms with Crippen LogP contribution in [0.1, 0.15) is 10.6 Å². The van der Waals surface area contributed by atoms with Crippen molar-refractivity contribution in [2.75, 3.05) is 0 Å². The van der Waals surface area contributed by atoms with E-state index >= 15 is 0 Å². The van der Waals surface area contributed by atoms with Crippen LogP contribution in [0.3, 0.4) is 0 Å². The van der Waals surface area contributed by atoms with Gasteiger partial charge in [0.25, 0.3) is 0 Å². The maximum Gasteiger partial charge on any atom is 0.396 e. The Hall–Kier alpha value is -1.86. The van der Waals surface area contributed by atoms with Gasteiger partial charge in [-0.1, -0.05) is 11.3 Å². The van der Waals surface area contributed by atoms with Crippen molar-refractivity contribution in [1.82, 2.24) is 0 Å². The van der Waals surface area contributed by atoms with Crippen molar-refractivity contribution in [3.63, 3.8) is 0 Å². The molecule has 0 amide bonds. The van der Waals surface area contributed by atoms with E-state index in [2.05, 4.69) is 15.9 Å². The van der Waals surface area contributed by atoms with E-state index in [1.165, 1.54) is 12.1 Å². The van der Waals surface area contributed by atoms with E-state index in [1.807, 2.05) is 0 Å². The molecule has 2 heterocycles. The van der Waals surface area contributed by atoms with Crippen molar-refractivity contribution in [2.45, 2.75) is 0 Å². The Labute approximate surface area is 118 Å². The number of ether oxygens (including phenoxy) is 1. The number of furan rings is 1. The molecule has 0 unspecified atom stereocenters. The van der Waals surface area contributed by atoms with Crippen LogP contribution in [-0.2, 0) is 0 Å². The Morgan fingerprint density at radius 2 is 2.05 bits per heavy atom. The molecule has 0 atom stereocenters. The first-order chi connectivity index (χ1) is 9.11. The first-order valence-electron chi connectivity index (χ1n) is 5.13. The van der Waals surface area contributed by atoms with Crippen LogP contribution in [0.5, 0.6) is 5.75 Å². The number of carbonyl (C=O) groups excluding carboxylic acids is 1. The molecule has 0 aliphatic carbocycles. The Balaban J connectivity index is 1.88. The molecule has 0 bridgehead atoms. The Bertz CT molecular complexity index is 813. The highest BCUT2D eigenvalue weighted by Crippen LogP contribution is 2.24. The lowest BCUT2D eigenvalue weighted by Crippen LogP contribution is -2.06. The fraction of sp³-hybridized carbons (Fsp3) is 0. The molecule has 0 aliphatic rings. The van der Waals surface area contributed by atoms with Gasteiger partial charge in [0.15, 0.2) is 10.3 Å². The number of fused-ring (bicyclic) bond motifs is 1. The highest BCUT2D eigenvalue weighted by atomic mass is 79.9. The number of rotatable bonds is 2. The number of esters is 1. The van der Waals surface area contributed by atoms with Crippen LogP contribution in [0.4, 0.5) is 0 Å². The molecular formula is C12H5BrO5S. The number of hydrogen-bond acceptors (Lipinski definition) is 6. The Morgan fingerprint density at radius 3 is 2.79 bits per heavy atom. The van der Waals surface area contributed by atoms with Crippen LogP contribution in [0, 0.1) is 0 Å². The van der Waals surface area contributed by atoms with Gasteiger partial charge in [0.1, 0.15) is 5.75 Å². The third-order valence-electron chi connectivity index (χ3n) is 2.29. The maximum absolute atomic E-state index is 11.7. The van der Waals surface area contributed by atoms with Crippen molar-refractivity contribution in [2.24, 2.45) is 0 Å². The SMILES string of the molecule is O=C(Oc1ccc2sc(=O)oc2c1)c1ccc(Br)o1. The second kappa shape index (κ2) is 4.67. The Morgan fingerprint density at radius 1 is 1.21 bits per heavy atom. The van der Waals surface area contributed by atoms with Crippen molar-refractivity contribution >= 4 is 43.5 Å². The summed E-state index contributed by atoms with van der Waals surface area (Å²) in [6, 6.07) is 7.83. The van der Waals surface area contributed by atoms with Crippen LogP contribution >= 0.6 is 27.3 Å². The van der Waals surface area contributed by atoms with Gasteiger partial charge in [-0.3, -0.25) is 0 Å². The fourth-order valence-corrected chi connectivity index (χ4v) is 2.45. The number of carbonyl (C=O) groups is 1. The van der Waals surface area contributed by atoms with Crippen molar-refractivity contribution in [3.05, 3.63) is 50.5 Å². The van der Waals surface area contributed by atoms with Crippen LogP contribution in [0.2, 0.25) is 0 Å². The predicted octanol–water partition coefficient (Wildman–Crippen LogP) is 3.43. The molecule has 2 aromatic heterocycles. The molecule has 19 heavy (non-hydrogen) atoms. The van der Waals surface area contributed by atoms with Crippen LogP contribution < -0.4 is 9.68 Å². The molecule has 0 saturated heterocycles. The third kappa shape index (κ3) is 2.47. The molecule has 5 nitrogen and oxygen atoms in total. The van der Waals surface area contributed by atoms with Crippen molar-refractivity contribution < 1.29 is 18.4 Å². The predicted molar refractivity (Wildman–Crippen MR) is 71.7 cm³/mol. The number of benzene rings is 1. The average Bonchev–Trinajstić information content (AvgIpc) is 2.93. The minimum atomic E-state index is -0.623. The van der Waals surface area contributed by atoms with E-state index in [0.717, 1.165) is 11.3 Å². The summed E-state index contributed by atoms with van der Waals surface area (Å²) in [5, 5.41) is 0. The molecule has 96 valence electrons. The lowest BCUT2D eigenvalue weighted by Gasteiger charge is -2.01. The van der Waals surface area contributed by atoms with Gasteiger partial charge in [-0.25, -0.2) is 9.59 Å². The zero-order valence-corrected chi connectivity index (χ0v) is 11.6. The van der Waals surface area contributed by atoms with Gasteiger partial charge in [0.2, 0.25) is 5.76 Å². The first kappa shape index (κ1) is 12.2. The minimum absolute atomic E-state index is 0.0822. The van der Waals surface area contributed by atoms with Gasteiger partial charge in [-0.15, -0.1) is 0 Å². The lowest BCUT2D eigenvalue weighted by atomic mass is 10.3. The monoisotopic (exact) mass is 340 g/mol. The average molecular weight is 341 g/mol. The molecule has 0 aliphatic heterocycles. The summed E-state index contributed by atoms with van der Waals surface area (Å²) in [7, 11) is 0. The van der Waals surface area contributed by atoms with E-state index < -0.39 is 10.9 Å². The summed E-state index contributed by atoms with van der Waals surface area (Å²) < 4.78 is 16.3. The molecular weight excluding hydrogens is 336 g/mol. The summed E-state index contributed by atoms with van der Waals surface area (Å²) in [6.07, 6.45) is 0. The molecule has 0 radical (unpaired) electrons. The van der Waals surface area contributed by atoms with Crippen LogP contribution in [0.15, 0.2) is 48.6 Å². The van der Waals surface area contributed by atoms with E-state index in [9.17, 15) is 9.59 Å². The van der Waals surface area contributed by atoms with Gasteiger partial charge in [0, 0.05) is 6.07 Å². The second-order valence-electron chi connectivity index (χ2n) is 3.56. The zero-order valence-electron chi connectivity index (χ0n) is 9.21.